The van der Waals surface area contributed by atoms with E-state index < -0.39 is 27.3 Å². The quantitative estimate of drug-likeness (QED) is 0.757. The Morgan fingerprint density at radius 3 is 2.68 bits per heavy atom. The van der Waals surface area contributed by atoms with Crippen LogP contribution in [0.15, 0.2) is 28.2 Å². The maximum absolute atomic E-state index is 12.2. The van der Waals surface area contributed by atoms with Crippen LogP contribution in [0.3, 0.4) is 0 Å². The number of rotatable bonds is 5. The van der Waals surface area contributed by atoms with Crippen molar-refractivity contribution in [1.29, 1.82) is 0 Å². The minimum atomic E-state index is -3.92. The van der Waals surface area contributed by atoms with Crippen LogP contribution in [0, 0.1) is 5.92 Å². The number of aromatic amines is 1. The second-order valence-electron chi connectivity index (χ2n) is 4.08. The Balaban J connectivity index is 2.99. The van der Waals surface area contributed by atoms with E-state index in [1.807, 2.05) is 0 Å². The van der Waals surface area contributed by atoms with E-state index in [1.165, 1.54) is 20.4 Å². The lowest BCUT2D eigenvalue weighted by Gasteiger charge is -2.19. The van der Waals surface area contributed by atoms with Gasteiger partial charge in [-0.2, -0.15) is 4.31 Å². The van der Waals surface area contributed by atoms with E-state index in [4.69, 9.17) is 0 Å². The van der Waals surface area contributed by atoms with Crippen LogP contribution in [-0.4, -0.2) is 44.4 Å². The number of aromatic nitrogens is 1. The van der Waals surface area contributed by atoms with Crippen molar-refractivity contribution in [3.05, 3.63) is 28.7 Å². The molecule has 0 bridgehead atoms. The minimum Gasteiger partial charge on any atom is -0.469 e. The van der Waals surface area contributed by atoms with Gasteiger partial charge in [-0.1, -0.05) is 6.92 Å². The second kappa shape index (κ2) is 5.98. The largest absolute Gasteiger partial charge is 0.469 e. The highest BCUT2D eigenvalue weighted by Crippen LogP contribution is 2.11. The van der Waals surface area contributed by atoms with Gasteiger partial charge in [0.05, 0.1) is 13.0 Å². The number of nitrogens with zero attached hydrogens (tertiary/aromatic N) is 1. The first kappa shape index (κ1) is 15.4. The van der Waals surface area contributed by atoms with Crippen molar-refractivity contribution in [2.75, 3.05) is 20.7 Å². The van der Waals surface area contributed by atoms with Crippen molar-refractivity contribution in [2.24, 2.45) is 5.92 Å². The van der Waals surface area contributed by atoms with Crippen molar-refractivity contribution < 1.29 is 17.9 Å². The van der Waals surface area contributed by atoms with E-state index in [0.29, 0.717) is 0 Å². The Morgan fingerprint density at radius 2 is 2.16 bits per heavy atom. The molecule has 1 rings (SSSR count). The number of hydrogen-bond acceptors (Lipinski definition) is 5. The van der Waals surface area contributed by atoms with Crippen LogP contribution in [0.1, 0.15) is 6.92 Å². The van der Waals surface area contributed by atoms with Crippen molar-refractivity contribution >= 4 is 16.0 Å². The number of nitrogens with one attached hydrogen (secondary N) is 1. The van der Waals surface area contributed by atoms with Gasteiger partial charge in [0.2, 0.25) is 15.5 Å². The van der Waals surface area contributed by atoms with Gasteiger partial charge in [0.15, 0.2) is 0 Å². The predicted octanol–water partition coefficient (Wildman–Crippen LogP) is -0.196. The van der Waals surface area contributed by atoms with Crippen molar-refractivity contribution in [1.82, 2.24) is 9.29 Å². The fraction of sp³-hybridized carbons (Fsp3) is 0.455. The number of esters is 1. The molecule has 7 nitrogen and oxygen atoms in total. The SMILES string of the molecule is COC(=O)C(C)CN(C)S(=O)(=O)c1c[nH]ccc1=O. The normalized spacial score (nSPS) is 13.3. The van der Waals surface area contributed by atoms with Crippen LogP contribution in [0.4, 0.5) is 0 Å². The van der Waals surface area contributed by atoms with Gasteiger partial charge in [-0.3, -0.25) is 9.59 Å². The summed E-state index contributed by atoms with van der Waals surface area (Å²) < 4.78 is 29.8. The van der Waals surface area contributed by atoms with Crippen LogP contribution >= 0.6 is 0 Å². The molecule has 0 amide bonds. The summed E-state index contributed by atoms with van der Waals surface area (Å²) in [6, 6.07) is 1.13. The molecule has 1 heterocycles. The molecule has 0 aliphatic rings. The number of carbonyl (C=O) groups is 1. The number of methoxy groups -OCH3 is 1. The molecule has 0 aliphatic carbocycles. The molecule has 0 spiro atoms. The number of pyridine rings is 1. The monoisotopic (exact) mass is 288 g/mol. The first-order chi connectivity index (χ1) is 8.80. The summed E-state index contributed by atoms with van der Waals surface area (Å²) in [6.07, 6.45) is 2.47. The summed E-state index contributed by atoms with van der Waals surface area (Å²) in [6.45, 7) is 1.48. The first-order valence-electron chi connectivity index (χ1n) is 5.52. The summed E-state index contributed by atoms with van der Waals surface area (Å²) in [5, 5.41) is 0. The summed E-state index contributed by atoms with van der Waals surface area (Å²) >= 11 is 0. The zero-order valence-electron chi connectivity index (χ0n) is 10.9. The molecule has 1 atom stereocenters. The topological polar surface area (TPSA) is 96.5 Å². The maximum Gasteiger partial charge on any atom is 0.309 e. The molecule has 1 N–H and O–H groups in total. The molecular formula is C11H16N2O5S. The van der Waals surface area contributed by atoms with Gasteiger partial charge in [0.1, 0.15) is 4.90 Å². The Labute approximate surface area is 111 Å². The second-order valence-corrected chi connectivity index (χ2v) is 6.10. The summed E-state index contributed by atoms with van der Waals surface area (Å²) in [4.78, 5) is 25.0. The highest BCUT2D eigenvalue weighted by Gasteiger charge is 2.27. The van der Waals surface area contributed by atoms with Crippen molar-refractivity contribution in [2.45, 2.75) is 11.8 Å². The highest BCUT2D eigenvalue weighted by molar-refractivity contribution is 7.89. The molecule has 1 aromatic rings. The Bertz CT molecular complexity index is 608. The molecule has 1 aromatic heterocycles. The number of carbonyl (C=O) groups excluding carboxylic acids is 1. The molecule has 0 saturated carbocycles. The van der Waals surface area contributed by atoms with Crippen molar-refractivity contribution in [3.63, 3.8) is 0 Å². The molecule has 0 aliphatic heterocycles. The average molecular weight is 288 g/mol. The fourth-order valence-electron chi connectivity index (χ4n) is 1.53. The molecule has 19 heavy (non-hydrogen) atoms. The summed E-state index contributed by atoms with van der Waals surface area (Å²) in [5.41, 5.74) is -0.601. The third-order valence-corrected chi connectivity index (χ3v) is 4.46. The number of ether oxygens (including phenoxy) is 1. The molecule has 0 saturated heterocycles. The molecular weight excluding hydrogens is 272 g/mol. The Kier molecular flexibility index (Phi) is 4.84. The van der Waals surface area contributed by atoms with Crippen LogP contribution < -0.4 is 5.43 Å². The van der Waals surface area contributed by atoms with Crippen LogP contribution in [0.2, 0.25) is 0 Å². The van der Waals surface area contributed by atoms with Crippen LogP contribution in [0.25, 0.3) is 0 Å². The number of hydrogen-bond donors (Lipinski definition) is 1. The van der Waals surface area contributed by atoms with Crippen LogP contribution in [0.5, 0.6) is 0 Å². The summed E-state index contributed by atoms with van der Waals surface area (Å²) in [7, 11) is -1.39. The predicted molar refractivity (Wildman–Crippen MR) is 68.1 cm³/mol. The molecule has 0 aromatic carbocycles. The third kappa shape index (κ3) is 3.42. The van der Waals surface area contributed by atoms with Gasteiger partial charge in [-0.05, 0) is 0 Å². The number of H-pyrrole nitrogens is 1. The fourth-order valence-corrected chi connectivity index (χ4v) is 2.82. The minimum absolute atomic E-state index is 0.0661. The highest BCUT2D eigenvalue weighted by atomic mass is 32.2. The van der Waals surface area contributed by atoms with E-state index in [9.17, 15) is 18.0 Å². The van der Waals surface area contributed by atoms with Gasteiger partial charge in [-0.25, -0.2) is 8.42 Å². The van der Waals surface area contributed by atoms with Crippen molar-refractivity contribution in [3.8, 4) is 0 Å². The molecule has 106 valence electrons. The standard InChI is InChI=1S/C11H16N2O5S/c1-8(11(15)18-3)7-13(2)19(16,17)10-6-12-5-4-9(10)14/h4-6,8H,7H2,1-3H3,(H,12,14). The smallest absolute Gasteiger partial charge is 0.309 e. The van der Waals surface area contributed by atoms with Gasteiger partial charge < -0.3 is 9.72 Å². The summed E-state index contributed by atoms with van der Waals surface area (Å²) in [5.74, 6) is -1.13. The lowest BCUT2D eigenvalue weighted by Crippen LogP contribution is -2.36. The lowest BCUT2D eigenvalue weighted by molar-refractivity contribution is -0.144. The lowest BCUT2D eigenvalue weighted by atomic mass is 10.2. The van der Waals surface area contributed by atoms with E-state index in [2.05, 4.69) is 9.72 Å². The van der Waals surface area contributed by atoms with E-state index in [0.717, 1.165) is 16.6 Å². The third-order valence-electron chi connectivity index (χ3n) is 2.61. The molecule has 8 heteroatoms. The van der Waals surface area contributed by atoms with Gasteiger partial charge in [0.25, 0.3) is 0 Å². The molecule has 0 fully saturated rings. The van der Waals surface area contributed by atoms with Gasteiger partial charge in [0, 0.05) is 32.1 Å². The molecule has 0 radical (unpaired) electrons. The van der Waals surface area contributed by atoms with Gasteiger partial charge >= 0.3 is 5.97 Å². The van der Waals surface area contributed by atoms with E-state index in [1.54, 1.807) is 6.92 Å². The number of sulfonamides is 1. The Hall–Kier alpha value is -1.67. The average Bonchev–Trinajstić information content (AvgIpc) is 2.37. The molecule has 1 unspecified atom stereocenters. The Morgan fingerprint density at radius 1 is 1.53 bits per heavy atom. The zero-order valence-corrected chi connectivity index (χ0v) is 11.7. The first-order valence-corrected chi connectivity index (χ1v) is 6.96. The van der Waals surface area contributed by atoms with Gasteiger partial charge in [-0.15, -0.1) is 0 Å². The van der Waals surface area contributed by atoms with E-state index in [-0.39, 0.29) is 11.4 Å². The zero-order chi connectivity index (χ0) is 14.6. The van der Waals surface area contributed by atoms with Crippen LogP contribution in [-0.2, 0) is 19.6 Å². The van der Waals surface area contributed by atoms with E-state index >= 15 is 0 Å². The maximum atomic E-state index is 12.2.